The maximum absolute atomic E-state index is 16.4. The van der Waals surface area contributed by atoms with Gasteiger partial charge in [0.05, 0.1) is 30.9 Å². The summed E-state index contributed by atoms with van der Waals surface area (Å²) < 4.78 is 36.4. The summed E-state index contributed by atoms with van der Waals surface area (Å²) in [5.74, 6) is 1.29. The van der Waals surface area contributed by atoms with Crippen LogP contribution in [0.2, 0.25) is 0 Å². The lowest BCUT2D eigenvalue weighted by atomic mass is 9.84. The number of aliphatic carboxylic acids is 1. The van der Waals surface area contributed by atoms with Gasteiger partial charge in [0.1, 0.15) is 24.2 Å². The first-order valence-electron chi connectivity index (χ1n) is 29.5. The Morgan fingerprint density at radius 3 is 2.43 bits per heavy atom. The fraction of sp³-hybridized carbons (Fsp3) is 0.600. The Kier molecular flexibility index (Phi) is 19.8. The van der Waals surface area contributed by atoms with Crippen molar-refractivity contribution in [3.63, 3.8) is 0 Å². The lowest BCUT2D eigenvalue weighted by Gasteiger charge is -2.36. The average Bonchev–Trinajstić information content (AvgIpc) is 4.27. The highest BCUT2D eigenvalue weighted by Crippen LogP contribution is 2.56. The molecule has 0 aromatic heterocycles. The van der Waals surface area contributed by atoms with Crippen LogP contribution in [0.4, 0.5) is 10.1 Å². The van der Waals surface area contributed by atoms with Crippen LogP contribution in [0.1, 0.15) is 183 Å². The van der Waals surface area contributed by atoms with Gasteiger partial charge in [0.2, 0.25) is 0 Å². The number of benzene rings is 3. The molecular formula is C65H90FN5O6. The van der Waals surface area contributed by atoms with E-state index in [1.54, 1.807) is 13.1 Å². The van der Waals surface area contributed by atoms with E-state index < -0.39 is 11.9 Å². The Morgan fingerprint density at radius 1 is 1.00 bits per heavy atom. The number of nitrogens with one attached hydrogen (secondary N) is 1. The van der Waals surface area contributed by atoms with Crippen LogP contribution in [0, 0.1) is 49.3 Å². The Hall–Kier alpha value is -5.49. The van der Waals surface area contributed by atoms with Crippen molar-refractivity contribution in [1.29, 1.82) is 0 Å². The van der Waals surface area contributed by atoms with Crippen molar-refractivity contribution in [3.05, 3.63) is 93.9 Å². The quantitative estimate of drug-likeness (QED) is 0.0705. The number of aryl methyl sites for hydroxylation is 1. The van der Waals surface area contributed by atoms with E-state index in [1.165, 1.54) is 12.8 Å². The molecule has 418 valence electrons. The molecule has 2 bridgehead atoms. The lowest BCUT2D eigenvalue weighted by molar-refractivity contribution is -0.144. The molecule has 3 aromatic rings. The zero-order chi connectivity index (χ0) is 54.9. The number of carboxylic acid groups (broad SMARTS) is 1. The minimum atomic E-state index is -0.771. The molecule has 0 amide bonds. The van der Waals surface area contributed by atoms with Crippen LogP contribution in [0.25, 0.3) is 22.5 Å². The molecule has 11 nitrogen and oxygen atoms in total. The number of nitrogens with zero attached hydrogens (tertiary/aromatic N) is 4. The number of carbonyl (C=O) groups is 2. The van der Waals surface area contributed by atoms with E-state index in [1.807, 2.05) is 33.2 Å². The summed E-state index contributed by atoms with van der Waals surface area (Å²) in [5, 5.41) is 13.6. The smallest absolute Gasteiger partial charge is 0.306 e. The summed E-state index contributed by atoms with van der Waals surface area (Å²) in [5.41, 5.74) is 10.4. The Bertz CT molecular complexity index is 2650. The second-order valence-corrected chi connectivity index (χ2v) is 23.5. The highest BCUT2D eigenvalue weighted by atomic mass is 19.1. The molecule has 4 unspecified atom stereocenters. The fourth-order valence-corrected chi connectivity index (χ4v) is 12.8. The third kappa shape index (κ3) is 13.5. The molecule has 3 aromatic carbocycles. The van der Waals surface area contributed by atoms with E-state index in [4.69, 9.17) is 25.8 Å². The molecule has 0 radical (unpaired) electrons. The van der Waals surface area contributed by atoms with Gasteiger partial charge in [0.25, 0.3) is 0 Å². The summed E-state index contributed by atoms with van der Waals surface area (Å²) in [6.45, 7) is 25.5. The molecule has 2 saturated carbocycles. The first-order valence-corrected chi connectivity index (χ1v) is 29.5. The normalized spacial score (nSPS) is 21.6. The number of hydrogen-bond acceptors (Lipinski definition) is 10. The summed E-state index contributed by atoms with van der Waals surface area (Å²) in [7, 11) is 1.76. The molecular weight excluding hydrogens is 966 g/mol. The number of fused-ring (bicyclic) bond motifs is 2. The molecule has 2 saturated heterocycles. The van der Waals surface area contributed by atoms with Crippen molar-refractivity contribution >= 4 is 40.9 Å². The van der Waals surface area contributed by atoms with Crippen molar-refractivity contribution in [1.82, 2.24) is 15.1 Å². The van der Waals surface area contributed by atoms with Gasteiger partial charge in [-0.1, -0.05) is 98.1 Å². The number of halogens is 1. The number of rotatable bonds is 23. The Labute approximate surface area is 460 Å². The molecule has 5 aliphatic rings. The van der Waals surface area contributed by atoms with Gasteiger partial charge in [-0.05, 0) is 128 Å². The van der Waals surface area contributed by atoms with Crippen LogP contribution in [0.15, 0.2) is 59.2 Å². The molecule has 77 heavy (non-hydrogen) atoms. The van der Waals surface area contributed by atoms with Crippen LogP contribution in [0.5, 0.6) is 5.75 Å². The topological polar surface area (TPSA) is 125 Å². The minimum absolute atomic E-state index is 0.0232. The highest BCUT2D eigenvalue weighted by molar-refractivity contribution is 5.99. The van der Waals surface area contributed by atoms with E-state index in [0.717, 1.165) is 127 Å². The van der Waals surface area contributed by atoms with Gasteiger partial charge in [-0.2, -0.15) is 0 Å². The zero-order valence-corrected chi connectivity index (χ0v) is 48.0. The summed E-state index contributed by atoms with van der Waals surface area (Å²) in [6, 6.07) is 12.4. The summed E-state index contributed by atoms with van der Waals surface area (Å²) in [4.78, 5) is 41.6. The number of Topliss-reactive ketones (excluding diaryl/α,β-unsaturated/α-hetero) is 1. The standard InChI is InChI=1S/C65H90FN5O6/c1-11-13-18-52(65(73)74)42(6)19-26-58(72)63(40(3)4)70-30-15-29-68-37-57(70)48-22-20-46(21-23-48)39-76-64-61(60-44(8)56(66)33-43(7)55(60)36-67-10)54(47-24-25-47)35-53(45(9)71-38-49-34-50(71)17-14-16-41(49)5)62(64)69-59(12-2)77-51-27-31-75-32-28-51/h20-23,33,35-37,40-42,47,49-52,63,68H,9,11-19,24-32,34,38-39H2,1-8,10H3,(H,73,74)/t41?,42?,49-,50+,52?,63?/m0/s1. The van der Waals surface area contributed by atoms with Gasteiger partial charge in [0.15, 0.2) is 17.4 Å². The van der Waals surface area contributed by atoms with E-state index in [2.05, 4.69) is 85.1 Å². The van der Waals surface area contributed by atoms with Gasteiger partial charge in [-0.3, -0.25) is 14.6 Å². The molecule has 0 spiro atoms. The summed E-state index contributed by atoms with van der Waals surface area (Å²) in [6.07, 6.45) is 17.0. The number of aliphatic imine (C=N–C) groups is 2. The van der Waals surface area contributed by atoms with Crippen LogP contribution >= 0.6 is 0 Å². The first kappa shape index (κ1) is 57.7. The van der Waals surface area contributed by atoms with Gasteiger partial charge < -0.3 is 34.4 Å². The molecule has 6 atom stereocenters. The maximum Gasteiger partial charge on any atom is 0.306 e. The summed E-state index contributed by atoms with van der Waals surface area (Å²) >= 11 is 0. The van der Waals surface area contributed by atoms with Gasteiger partial charge in [-0.15, -0.1) is 0 Å². The second-order valence-electron chi connectivity index (χ2n) is 23.5. The van der Waals surface area contributed by atoms with Gasteiger partial charge in [0, 0.05) is 98.8 Å². The SMILES string of the molecule is C=C(c1cc(C2CC2)c(-c2c(C)c(F)cc(C)c2C=NC)c(OCc2ccc(C3=CNCCCN3C(C(=O)CCC(C)C(CCCC)C(=O)O)C(C)C)cc2)c1N=C(CC)OC1CCOCC1)N1C[C@@H]2C[C@H]1CCCC2C. The maximum atomic E-state index is 16.4. The third-order valence-electron chi connectivity index (χ3n) is 17.6. The highest BCUT2D eigenvalue weighted by Gasteiger charge is 2.41. The van der Waals surface area contributed by atoms with Gasteiger partial charge in [-0.25, -0.2) is 9.38 Å². The van der Waals surface area contributed by atoms with Gasteiger partial charge >= 0.3 is 5.97 Å². The minimum Gasteiger partial charge on any atom is -0.486 e. The number of hydrogen-bond donors (Lipinski definition) is 2. The number of likely N-dealkylation sites (tertiary alicyclic amines) is 1. The van der Waals surface area contributed by atoms with Crippen molar-refractivity contribution < 1.29 is 33.3 Å². The molecule has 2 aliphatic carbocycles. The predicted molar refractivity (Wildman–Crippen MR) is 311 cm³/mol. The van der Waals surface area contributed by atoms with Crippen LogP contribution < -0.4 is 10.1 Å². The molecule has 8 rings (SSSR count). The second kappa shape index (κ2) is 26.4. The van der Waals surface area contributed by atoms with Crippen LogP contribution in [-0.2, 0) is 25.7 Å². The molecule has 3 aliphatic heterocycles. The van der Waals surface area contributed by atoms with Crippen molar-refractivity contribution in [2.45, 2.75) is 182 Å². The molecule has 12 heteroatoms. The monoisotopic (exact) mass is 1060 g/mol. The lowest BCUT2D eigenvalue weighted by Crippen LogP contribution is -2.44. The molecule has 4 fully saturated rings. The zero-order valence-electron chi connectivity index (χ0n) is 48.0. The number of unbranched alkanes of at least 4 members (excludes halogenated alkanes) is 1. The van der Waals surface area contributed by atoms with Crippen molar-refractivity contribution in [2.24, 2.45) is 39.6 Å². The van der Waals surface area contributed by atoms with Crippen LogP contribution in [0.3, 0.4) is 0 Å². The number of ether oxygens (including phenoxy) is 3. The third-order valence-corrected chi connectivity index (χ3v) is 17.6. The van der Waals surface area contributed by atoms with E-state index in [9.17, 15) is 14.7 Å². The predicted octanol–water partition coefficient (Wildman–Crippen LogP) is 14.2. The Morgan fingerprint density at radius 2 is 1.75 bits per heavy atom. The van der Waals surface area contributed by atoms with E-state index in [-0.39, 0.29) is 48.1 Å². The number of carbonyl (C=O) groups excluding carboxylic acids is 1. The number of ketones is 1. The van der Waals surface area contributed by atoms with Crippen molar-refractivity contribution in [2.75, 3.05) is 39.9 Å². The van der Waals surface area contributed by atoms with Crippen molar-refractivity contribution in [3.8, 4) is 16.9 Å². The fourth-order valence-electron chi connectivity index (χ4n) is 12.8. The molecule has 2 N–H and O–H groups in total. The first-order chi connectivity index (χ1) is 37.1. The molecule has 3 heterocycles. The Balaban J connectivity index is 1.20. The van der Waals surface area contributed by atoms with Crippen LogP contribution in [-0.4, -0.2) is 96.9 Å². The van der Waals surface area contributed by atoms with E-state index >= 15 is 4.39 Å². The average molecular weight is 1060 g/mol. The number of carboxylic acids is 1. The van der Waals surface area contributed by atoms with E-state index in [0.29, 0.717) is 86.2 Å². The largest absolute Gasteiger partial charge is 0.486 e.